The van der Waals surface area contributed by atoms with Crippen molar-refractivity contribution in [2.24, 2.45) is 0 Å². The molecule has 0 atom stereocenters. The van der Waals surface area contributed by atoms with Crippen molar-refractivity contribution >= 4 is 5.69 Å². The fourth-order valence-corrected chi connectivity index (χ4v) is 1.80. The first-order chi connectivity index (χ1) is 9.27. The van der Waals surface area contributed by atoms with Gasteiger partial charge in [-0.05, 0) is 23.8 Å². The van der Waals surface area contributed by atoms with Crippen molar-refractivity contribution in [3.05, 3.63) is 52.3 Å². The van der Waals surface area contributed by atoms with Gasteiger partial charge in [0, 0.05) is 31.5 Å². The van der Waals surface area contributed by atoms with Crippen LogP contribution in [-0.4, -0.2) is 19.1 Å². The van der Waals surface area contributed by atoms with Crippen LogP contribution < -0.4 is 10.5 Å². The second-order valence-electron chi connectivity index (χ2n) is 4.59. The van der Waals surface area contributed by atoms with E-state index in [1.54, 1.807) is 24.3 Å². The van der Waals surface area contributed by atoms with Crippen molar-refractivity contribution in [1.29, 1.82) is 0 Å². The summed E-state index contributed by atoms with van der Waals surface area (Å²) in [6.07, 6.45) is -4.54. The molecule has 0 bridgehead atoms. The van der Waals surface area contributed by atoms with Crippen LogP contribution in [0.5, 0.6) is 0 Å². The van der Waals surface area contributed by atoms with E-state index in [4.69, 9.17) is 0 Å². The van der Waals surface area contributed by atoms with Gasteiger partial charge >= 0.3 is 6.18 Å². The molecule has 0 amide bonds. The number of anilines is 1. The Bertz CT molecular complexity index is 657. The Balaban J connectivity index is 2.47. The number of pyridine rings is 1. The molecule has 0 aliphatic rings. The lowest BCUT2D eigenvalue weighted by Gasteiger charge is -2.13. The van der Waals surface area contributed by atoms with E-state index >= 15 is 0 Å². The number of benzene rings is 1. The fourth-order valence-electron chi connectivity index (χ4n) is 1.80. The Hall–Kier alpha value is -2.24. The minimum atomic E-state index is -4.54. The summed E-state index contributed by atoms with van der Waals surface area (Å²) in [5, 5.41) is 0. The number of rotatable bonds is 2. The van der Waals surface area contributed by atoms with Crippen LogP contribution in [0, 0.1) is 0 Å². The highest BCUT2D eigenvalue weighted by Crippen LogP contribution is 2.30. The van der Waals surface area contributed by atoms with Crippen molar-refractivity contribution in [2.45, 2.75) is 6.18 Å². The van der Waals surface area contributed by atoms with Gasteiger partial charge in [0.1, 0.15) is 0 Å². The highest BCUT2D eigenvalue weighted by Gasteiger charge is 2.31. The van der Waals surface area contributed by atoms with E-state index < -0.39 is 17.3 Å². The number of aromatic nitrogens is 1. The fraction of sp³-hybridized carbons (Fsp3) is 0.214. The van der Waals surface area contributed by atoms with Crippen LogP contribution >= 0.6 is 0 Å². The van der Waals surface area contributed by atoms with Crippen LogP contribution in [0.2, 0.25) is 0 Å². The summed E-state index contributed by atoms with van der Waals surface area (Å²) < 4.78 is 38.0. The molecule has 1 aromatic carbocycles. The van der Waals surface area contributed by atoms with E-state index in [1.807, 2.05) is 19.0 Å². The third-order valence-corrected chi connectivity index (χ3v) is 2.87. The van der Waals surface area contributed by atoms with E-state index in [0.29, 0.717) is 11.6 Å². The average Bonchev–Trinajstić information content (AvgIpc) is 2.37. The van der Waals surface area contributed by atoms with Gasteiger partial charge in [-0.15, -0.1) is 0 Å². The summed E-state index contributed by atoms with van der Waals surface area (Å²) in [7, 11) is 3.72. The number of hydrogen-bond acceptors (Lipinski definition) is 2. The number of aromatic amines is 1. The van der Waals surface area contributed by atoms with Gasteiger partial charge in [0.05, 0.1) is 5.56 Å². The monoisotopic (exact) mass is 282 g/mol. The van der Waals surface area contributed by atoms with Crippen LogP contribution in [0.3, 0.4) is 0 Å². The highest BCUT2D eigenvalue weighted by molar-refractivity contribution is 5.63. The number of nitrogens with zero attached hydrogens (tertiary/aromatic N) is 1. The number of nitrogens with one attached hydrogen (secondary N) is 1. The normalized spacial score (nSPS) is 11.4. The van der Waals surface area contributed by atoms with Crippen LogP contribution in [0.25, 0.3) is 11.3 Å². The van der Waals surface area contributed by atoms with Gasteiger partial charge in [0.25, 0.3) is 0 Å². The number of hydrogen-bond donors (Lipinski definition) is 1. The summed E-state index contributed by atoms with van der Waals surface area (Å²) in [5.74, 6) is 0. The molecular weight excluding hydrogens is 269 g/mol. The van der Waals surface area contributed by atoms with E-state index in [2.05, 4.69) is 4.98 Å². The maximum absolute atomic E-state index is 12.7. The van der Waals surface area contributed by atoms with Crippen molar-refractivity contribution in [1.82, 2.24) is 4.98 Å². The maximum atomic E-state index is 12.7. The van der Waals surface area contributed by atoms with E-state index in [0.717, 1.165) is 11.8 Å². The van der Waals surface area contributed by atoms with Gasteiger partial charge in [0.2, 0.25) is 5.56 Å². The quantitative estimate of drug-likeness (QED) is 0.918. The lowest BCUT2D eigenvalue weighted by atomic mass is 10.1. The number of H-pyrrole nitrogens is 1. The topological polar surface area (TPSA) is 36.1 Å². The van der Waals surface area contributed by atoms with Crippen LogP contribution in [0.4, 0.5) is 18.9 Å². The van der Waals surface area contributed by atoms with Gasteiger partial charge in [-0.3, -0.25) is 4.79 Å². The zero-order valence-corrected chi connectivity index (χ0v) is 11.0. The second kappa shape index (κ2) is 5.03. The molecule has 1 aromatic heterocycles. The molecular formula is C14H13F3N2O. The molecule has 0 fully saturated rings. The summed E-state index contributed by atoms with van der Waals surface area (Å²) in [5.41, 5.74) is -0.128. The zero-order chi connectivity index (χ0) is 14.9. The van der Waals surface area contributed by atoms with Gasteiger partial charge in [-0.1, -0.05) is 12.1 Å². The smallest absolute Gasteiger partial charge is 0.378 e. The molecule has 0 unspecified atom stereocenters. The van der Waals surface area contributed by atoms with E-state index in [9.17, 15) is 18.0 Å². The molecule has 1 N–H and O–H groups in total. The lowest BCUT2D eigenvalue weighted by molar-refractivity contribution is -0.137. The first-order valence-electron chi connectivity index (χ1n) is 5.87. The summed E-state index contributed by atoms with van der Waals surface area (Å²) in [6, 6.07) is 8.37. The molecule has 0 aliphatic carbocycles. The summed E-state index contributed by atoms with van der Waals surface area (Å²) in [6.45, 7) is 0. The predicted octanol–water partition coefficient (Wildman–Crippen LogP) is 3.13. The Morgan fingerprint density at radius 2 is 1.65 bits per heavy atom. The Kier molecular flexibility index (Phi) is 3.57. The van der Waals surface area contributed by atoms with Crippen molar-refractivity contribution in [2.75, 3.05) is 19.0 Å². The summed E-state index contributed by atoms with van der Waals surface area (Å²) in [4.78, 5) is 15.6. The minimum Gasteiger partial charge on any atom is -0.378 e. The molecule has 0 spiro atoms. The maximum Gasteiger partial charge on any atom is 0.416 e. The highest BCUT2D eigenvalue weighted by atomic mass is 19.4. The number of alkyl halides is 3. The van der Waals surface area contributed by atoms with Crippen LogP contribution in [0.15, 0.2) is 41.2 Å². The van der Waals surface area contributed by atoms with E-state index in [1.165, 1.54) is 0 Å². The van der Waals surface area contributed by atoms with Crippen LogP contribution in [-0.2, 0) is 6.18 Å². The predicted molar refractivity (Wildman–Crippen MR) is 71.8 cm³/mol. The Morgan fingerprint density at radius 3 is 2.15 bits per heavy atom. The lowest BCUT2D eigenvalue weighted by Crippen LogP contribution is -2.13. The van der Waals surface area contributed by atoms with E-state index in [-0.39, 0.29) is 5.69 Å². The third-order valence-electron chi connectivity index (χ3n) is 2.87. The molecule has 6 heteroatoms. The number of halogens is 3. The zero-order valence-electron chi connectivity index (χ0n) is 11.0. The summed E-state index contributed by atoms with van der Waals surface area (Å²) >= 11 is 0. The first-order valence-corrected chi connectivity index (χ1v) is 5.87. The minimum absolute atomic E-state index is 0.148. The first kappa shape index (κ1) is 14.2. The molecule has 1 heterocycles. The molecule has 20 heavy (non-hydrogen) atoms. The molecule has 2 rings (SSSR count). The molecule has 0 aliphatic heterocycles. The molecule has 0 radical (unpaired) electrons. The standard InChI is InChI=1S/C14H13F3N2O/c1-19(2)11-5-3-9(4-6-11)12-7-10(14(15,16)17)8-13(20)18-12/h3-8H,1-2H3,(H,18,20). The third kappa shape index (κ3) is 3.01. The second-order valence-corrected chi connectivity index (χ2v) is 4.59. The van der Waals surface area contributed by atoms with Crippen molar-refractivity contribution in [3.63, 3.8) is 0 Å². The van der Waals surface area contributed by atoms with Gasteiger partial charge in [-0.2, -0.15) is 13.2 Å². The van der Waals surface area contributed by atoms with Crippen LogP contribution in [0.1, 0.15) is 5.56 Å². The largest absolute Gasteiger partial charge is 0.416 e. The Labute approximate surface area is 113 Å². The Morgan fingerprint density at radius 1 is 1.05 bits per heavy atom. The molecule has 0 saturated heterocycles. The van der Waals surface area contributed by atoms with Gasteiger partial charge in [-0.25, -0.2) is 0 Å². The average molecular weight is 282 g/mol. The molecule has 2 aromatic rings. The molecule has 3 nitrogen and oxygen atoms in total. The molecule has 106 valence electrons. The van der Waals surface area contributed by atoms with Gasteiger partial charge < -0.3 is 9.88 Å². The van der Waals surface area contributed by atoms with Gasteiger partial charge in [0.15, 0.2) is 0 Å². The molecule has 0 saturated carbocycles. The van der Waals surface area contributed by atoms with Crippen molar-refractivity contribution < 1.29 is 13.2 Å². The van der Waals surface area contributed by atoms with Crippen molar-refractivity contribution in [3.8, 4) is 11.3 Å². The SMILES string of the molecule is CN(C)c1ccc(-c2cc(C(F)(F)F)cc(=O)[nH]2)cc1.